The molecular formula is C18H28N4O. The van der Waals surface area contributed by atoms with Crippen LogP contribution < -0.4 is 4.90 Å². The number of anilines is 1. The summed E-state index contributed by atoms with van der Waals surface area (Å²) in [6.07, 6.45) is 7.69. The highest BCUT2D eigenvalue weighted by Gasteiger charge is 2.40. The molecular weight excluding hydrogens is 288 g/mol. The van der Waals surface area contributed by atoms with Crippen molar-refractivity contribution >= 4 is 11.7 Å². The molecule has 2 fully saturated rings. The summed E-state index contributed by atoms with van der Waals surface area (Å²) in [6, 6.07) is 0. The number of aromatic nitrogens is 2. The zero-order valence-electron chi connectivity index (χ0n) is 14.6. The number of piperidine rings is 2. The molecule has 0 N–H and O–H groups in total. The molecule has 1 amide bonds. The molecule has 2 saturated heterocycles. The molecule has 23 heavy (non-hydrogen) atoms. The zero-order chi connectivity index (χ0) is 16.4. The Bertz CT molecular complexity index is 564. The number of nitrogens with zero attached hydrogens (tertiary/aromatic N) is 4. The van der Waals surface area contributed by atoms with Crippen LogP contribution in [-0.2, 0) is 4.79 Å². The van der Waals surface area contributed by atoms with Crippen LogP contribution in [0.5, 0.6) is 0 Å². The van der Waals surface area contributed by atoms with E-state index in [1.807, 2.05) is 11.1 Å². The van der Waals surface area contributed by atoms with Crippen LogP contribution in [0.25, 0.3) is 0 Å². The Morgan fingerprint density at radius 1 is 1.26 bits per heavy atom. The highest BCUT2D eigenvalue weighted by molar-refractivity contribution is 5.77. The smallest absolute Gasteiger partial charge is 0.222 e. The number of hydrogen-bond acceptors (Lipinski definition) is 4. The molecule has 2 aliphatic rings. The number of carbonyl (C=O) groups excluding carboxylic acids is 1. The Morgan fingerprint density at radius 2 is 2.00 bits per heavy atom. The molecule has 0 aliphatic carbocycles. The molecule has 0 saturated carbocycles. The maximum atomic E-state index is 12.0. The van der Waals surface area contributed by atoms with E-state index in [4.69, 9.17) is 0 Å². The van der Waals surface area contributed by atoms with Gasteiger partial charge in [-0.25, -0.2) is 9.97 Å². The van der Waals surface area contributed by atoms with Gasteiger partial charge in [0.1, 0.15) is 12.1 Å². The van der Waals surface area contributed by atoms with Gasteiger partial charge in [-0.2, -0.15) is 0 Å². The molecule has 0 aromatic carbocycles. The third-order valence-corrected chi connectivity index (χ3v) is 5.59. The van der Waals surface area contributed by atoms with Gasteiger partial charge in [-0.1, -0.05) is 13.8 Å². The number of hydrogen-bond donors (Lipinski definition) is 0. The molecule has 0 atom stereocenters. The largest absolute Gasteiger partial charge is 0.356 e. The molecule has 1 spiro atoms. The lowest BCUT2D eigenvalue weighted by molar-refractivity contribution is -0.137. The van der Waals surface area contributed by atoms with Crippen molar-refractivity contribution in [1.82, 2.24) is 14.9 Å². The Morgan fingerprint density at radius 3 is 2.65 bits per heavy atom. The summed E-state index contributed by atoms with van der Waals surface area (Å²) >= 11 is 0. The summed E-state index contributed by atoms with van der Waals surface area (Å²) in [4.78, 5) is 25.2. The summed E-state index contributed by atoms with van der Waals surface area (Å²) in [5.41, 5.74) is 1.56. The summed E-state index contributed by atoms with van der Waals surface area (Å²) in [7, 11) is 0. The van der Waals surface area contributed by atoms with Crippen LogP contribution >= 0.6 is 0 Å². The van der Waals surface area contributed by atoms with Crippen LogP contribution in [0, 0.1) is 5.41 Å². The molecule has 0 radical (unpaired) electrons. The second-order valence-corrected chi connectivity index (χ2v) is 7.35. The second kappa shape index (κ2) is 6.46. The molecule has 1 aromatic heterocycles. The van der Waals surface area contributed by atoms with Gasteiger partial charge >= 0.3 is 0 Å². The van der Waals surface area contributed by atoms with Gasteiger partial charge in [0.05, 0.1) is 0 Å². The lowest BCUT2D eigenvalue weighted by atomic mass is 9.72. The van der Waals surface area contributed by atoms with Crippen molar-refractivity contribution in [3.63, 3.8) is 0 Å². The Labute approximate surface area is 139 Å². The quantitative estimate of drug-likeness (QED) is 0.860. The van der Waals surface area contributed by atoms with E-state index < -0.39 is 0 Å². The molecule has 5 heteroatoms. The second-order valence-electron chi connectivity index (χ2n) is 7.35. The minimum absolute atomic E-state index is 0.325. The SMILES string of the molecule is CCN1CC2(CCC1=O)CCN(c1ncncc1C(C)C)CC2. The van der Waals surface area contributed by atoms with Gasteiger partial charge in [-0.3, -0.25) is 4.79 Å². The van der Waals surface area contributed by atoms with Crippen LogP contribution in [0.2, 0.25) is 0 Å². The average Bonchev–Trinajstić information content (AvgIpc) is 2.58. The summed E-state index contributed by atoms with van der Waals surface area (Å²) in [5.74, 6) is 1.87. The van der Waals surface area contributed by atoms with Crippen molar-refractivity contribution in [1.29, 1.82) is 0 Å². The van der Waals surface area contributed by atoms with Crippen molar-refractivity contribution in [3.8, 4) is 0 Å². The average molecular weight is 316 g/mol. The first kappa shape index (κ1) is 16.2. The number of carbonyl (C=O) groups is 1. The topological polar surface area (TPSA) is 49.3 Å². The highest BCUT2D eigenvalue weighted by Crippen LogP contribution is 2.41. The van der Waals surface area contributed by atoms with E-state index in [-0.39, 0.29) is 0 Å². The van der Waals surface area contributed by atoms with Crippen LogP contribution in [-0.4, -0.2) is 47.0 Å². The van der Waals surface area contributed by atoms with Crippen molar-refractivity contribution in [2.45, 2.75) is 52.4 Å². The molecule has 0 bridgehead atoms. The molecule has 1 aromatic rings. The third-order valence-electron chi connectivity index (χ3n) is 5.59. The third kappa shape index (κ3) is 3.19. The Hall–Kier alpha value is -1.65. The minimum Gasteiger partial charge on any atom is -0.356 e. The van der Waals surface area contributed by atoms with Gasteiger partial charge < -0.3 is 9.80 Å². The Kier molecular flexibility index (Phi) is 4.55. The van der Waals surface area contributed by atoms with Crippen LogP contribution in [0.4, 0.5) is 5.82 Å². The minimum atomic E-state index is 0.325. The zero-order valence-corrected chi connectivity index (χ0v) is 14.6. The van der Waals surface area contributed by atoms with E-state index in [0.717, 1.165) is 57.7 Å². The van der Waals surface area contributed by atoms with Gasteiger partial charge in [0.2, 0.25) is 5.91 Å². The fourth-order valence-corrected chi connectivity index (χ4v) is 4.00. The monoisotopic (exact) mass is 316 g/mol. The van der Waals surface area contributed by atoms with Crippen molar-refractivity contribution in [2.24, 2.45) is 5.41 Å². The lowest BCUT2D eigenvalue weighted by Gasteiger charge is -2.47. The van der Waals surface area contributed by atoms with Crippen molar-refractivity contribution in [3.05, 3.63) is 18.1 Å². The van der Waals surface area contributed by atoms with Crippen molar-refractivity contribution in [2.75, 3.05) is 31.1 Å². The van der Waals surface area contributed by atoms with E-state index in [1.54, 1.807) is 6.33 Å². The molecule has 0 unspecified atom stereocenters. The van der Waals surface area contributed by atoms with Crippen molar-refractivity contribution < 1.29 is 4.79 Å². The maximum absolute atomic E-state index is 12.0. The lowest BCUT2D eigenvalue weighted by Crippen LogP contribution is -2.51. The standard InChI is InChI=1S/C18H28N4O/c1-4-21-12-18(6-5-16(21)23)7-9-22(10-8-18)17-15(14(2)3)11-19-13-20-17/h11,13-14H,4-10,12H2,1-3H3. The summed E-state index contributed by atoms with van der Waals surface area (Å²) in [6.45, 7) is 10.3. The van der Waals surface area contributed by atoms with Gasteiger partial charge in [-0.15, -0.1) is 0 Å². The number of rotatable bonds is 3. The van der Waals surface area contributed by atoms with Gasteiger partial charge in [-0.05, 0) is 37.5 Å². The Balaban J connectivity index is 1.71. The predicted octanol–water partition coefficient (Wildman–Crippen LogP) is 2.83. The summed E-state index contributed by atoms with van der Waals surface area (Å²) < 4.78 is 0. The predicted molar refractivity (Wildman–Crippen MR) is 91.5 cm³/mol. The van der Waals surface area contributed by atoms with E-state index in [2.05, 4.69) is 35.6 Å². The first-order chi connectivity index (χ1) is 11.0. The molecule has 2 aliphatic heterocycles. The summed E-state index contributed by atoms with van der Waals surface area (Å²) in [5, 5.41) is 0. The molecule has 5 nitrogen and oxygen atoms in total. The van der Waals surface area contributed by atoms with Gasteiger partial charge in [0.15, 0.2) is 0 Å². The first-order valence-corrected chi connectivity index (χ1v) is 8.87. The molecule has 126 valence electrons. The van der Waals surface area contributed by atoms with E-state index in [9.17, 15) is 4.79 Å². The highest BCUT2D eigenvalue weighted by atomic mass is 16.2. The van der Waals surface area contributed by atoms with Crippen LogP contribution in [0.3, 0.4) is 0 Å². The molecule has 3 heterocycles. The normalized spacial score (nSPS) is 21.3. The van der Waals surface area contributed by atoms with E-state index in [0.29, 0.717) is 17.2 Å². The number of amides is 1. The van der Waals surface area contributed by atoms with E-state index in [1.165, 1.54) is 5.56 Å². The fourth-order valence-electron chi connectivity index (χ4n) is 4.00. The van der Waals surface area contributed by atoms with Gasteiger partial charge in [0, 0.05) is 44.4 Å². The van der Waals surface area contributed by atoms with E-state index >= 15 is 0 Å². The maximum Gasteiger partial charge on any atom is 0.222 e. The molecule has 3 rings (SSSR count). The number of likely N-dealkylation sites (tertiary alicyclic amines) is 1. The van der Waals surface area contributed by atoms with Crippen LogP contribution in [0.15, 0.2) is 12.5 Å². The van der Waals surface area contributed by atoms with Gasteiger partial charge in [0.25, 0.3) is 0 Å². The van der Waals surface area contributed by atoms with Crippen LogP contribution in [0.1, 0.15) is 57.9 Å². The fraction of sp³-hybridized carbons (Fsp3) is 0.722. The first-order valence-electron chi connectivity index (χ1n) is 8.87.